The standard InChI is InChI=1S/C28H39N/c1-6-10-12-15-28(27-19-16-24(5)17-20-27)26(14-11-7-2)21-18-25(13-8-3)23-29-22-9-4/h7-8,11,13-14,16-21,23,28H,3,6,9-10,12,15,22H2,1-2,4-5H3/b11-7+,21-18+,25-13-,26-14+,29-23?. The maximum atomic E-state index is 4.50. The van der Waals surface area contributed by atoms with E-state index >= 15 is 0 Å². The number of aryl methyl sites for hydroxylation is 1. The summed E-state index contributed by atoms with van der Waals surface area (Å²) in [4.78, 5) is 4.50. The van der Waals surface area contributed by atoms with E-state index in [4.69, 9.17) is 0 Å². The number of hydrogen-bond donors (Lipinski definition) is 0. The Labute approximate surface area is 179 Å². The first kappa shape index (κ1) is 24.6. The van der Waals surface area contributed by atoms with Crippen molar-refractivity contribution >= 4 is 6.21 Å². The molecule has 0 fully saturated rings. The summed E-state index contributed by atoms with van der Waals surface area (Å²) in [5, 5.41) is 0. The Balaban J connectivity index is 3.24. The Morgan fingerprint density at radius 1 is 1.03 bits per heavy atom. The highest BCUT2D eigenvalue weighted by Crippen LogP contribution is 2.31. The zero-order valence-electron chi connectivity index (χ0n) is 18.9. The topological polar surface area (TPSA) is 12.4 Å². The second-order valence-corrected chi connectivity index (χ2v) is 7.42. The van der Waals surface area contributed by atoms with Crippen molar-refractivity contribution in [2.24, 2.45) is 4.99 Å². The molecule has 0 spiro atoms. The van der Waals surface area contributed by atoms with Gasteiger partial charge < -0.3 is 0 Å². The summed E-state index contributed by atoms with van der Waals surface area (Å²) in [6, 6.07) is 9.01. The maximum absolute atomic E-state index is 4.50. The van der Waals surface area contributed by atoms with Gasteiger partial charge in [-0.3, -0.25) is 4.99 Å². The van der Waals surface area contributed by atoms with E-state index in [1.807, 2.05) is 18.4 Å². The highest BCUT2D eigenvalue weighted by atomic mass is 14.7. The van der Waals surface area contributed by atoms with Crippen LogP contribution in [0.2, 0.25) is 0 Å². The summed E-state index contributed by atoms with van der Waals surface area (Å²) in [6.45, 7) is 13.3. The SMILES string of the molecule is C=C/C=C(C=NCCC)/C=C/C(=C\C=C\C)C(CCCCC)c1ccc(C)cc1. The molecule has 1 atom stereocenters. The fraction of sp³-hybridized carbons (Fsp3) is 0.393. The molecule has 0 aliphatic rings. The van der Waals surface area contributed by atoms with Crippen molar-refractivity contribution < 1.29 is 0 Å². The van der Waals surface area contributed by atoms with Gasteiger partial charge in [-0.1, -0.05) is 112 Å². The van der Waals surface area contributed by atoms with E-state index in [9.17, 15) is 0 Å². The van der Waals surface area contributed by atoms with Crippen molar-refractivity contribution in [2.75, 3.05) is 6.54 Å². The average molecular weight is 390 g/mol. The molecule has 0 aliphatic heterocycles. The first-order valence-electron chi connectivity index (χ1n) is 11.1. The number of aliphatic imine (C=N–C) groups is 1. The van der Waals surface area contributed by atoms with Crippen LogP contribution in [0.15, 0.2) is 89.5 Å². The van der Waals surface area contributed by atoms with Crippen LogP contribution in [0.5, 0.6) is 0 Å². The quantitative estimate of drug-likeness (QED) is 0.183. The minimum atomic E-state index is 0.396. The molecule has 0 radical (unpaired) electrons. The monoisotopic (exact) mass is 389 g/mol. The van der Waals surface area contributed by atoms with Crippen LogP contribution < -0.4 is 0 Å². The number of hydrogen-bond acceptors (Lipinski definition) is 1. The molecule has 0 aliphatic carbocycles. The average Bonchev–Trinajstić information content (AvgIpc) is 2.73. The van der Waals surface area contributed by atoms with Gasteiger partial charge in [-0.25, -0.2) is 0 Å². The second-order valence-electron chi connectivity index (χ2n) is 7.42. The van der Waals surface area contributed by atoms with Crippen molar-refractivity contribution in [3.63, 3.8) is 0 Å². The molecule has 156 valence electrons. The van der Waals surface area contributed by atoms with Crippen molar-refractivity contribution in [1.82, 2.24) is 0 Å². The number of rotatable bonds is 13. The third-order valence-corrected chi connectivity index (χ3v) is 4.83. The van der Waals surface area contributed by atoms with Crippen molar-refractivity contribution in [3.8, 4) is 0 Å². The van der Waals surface area contributed by atoms with Gasteiger partial charge in [0.25, 0.3) is 0 Å². The molecule has 0 saturated heterocycles. The Hall–Kier alpha value is -2.41. The highest BCUT2D eigenvalue weighted by Gasteiger charge is 2.14. The Kier molecular flexibility index (Phi) is 13.2. The zero-order valence-corrected chi connectivity index (χ0v) is 18.9. The van der Waals surface area contributed by atoms with Crippen molar-refractivity contribution in [3.05, 3.63) is 95.6 Å². The van der Waals surface area contributed by atoms with Crippen LogP contribution in [0.3, 0.4) is 0 Å². The van der Waals surface area contributed by atoms with Crippen LogP contribution in [0, 0.1) is 6.92 Å². The van der Waals surface area contributed by atoms with Crippen LogP contribution in [0.1, 0.15) is 69.9 Å². The predicted octanol–water partition coefficient (Wildman–Crippen LogP) is 8.31. The lowest BCUT2D eigenvalue weighted by atomic mass is 9.85. The summed E-state index contributed by atoms with van der Waals surface area (Å²) in [6.07, 6.45) is 22.7. The molecule has 29 heavy (non-hydrogen) atoms. The maximum Gasteiger partial charge on any atom is 0.0386 e. The van der Waals surface area contributed by atoms with Gasteiger partial charge in [0.15, 0.2) is 0 Å². The van der Waals surface area contributed by atoms with Gasteiger partial charge in [0.2, 0.25) is 0 Å². The molecule has 0 N–H and O–H groups in total. The second kappa shape index (κ2) is 15.5. The summed E-state index contributed by atoms with van der Waals surface area (Å²) < 4.78 is 0. The Bertz CT molecular complexity index is 726. The lowest BCUT2D eigenvalue weighted by Crippen LogP contribution is -2.02. The normalized spacial score (nSPS) is 14.3. The van der Waals surface area contributed by atoms with Crippen LogP contribution in [-0.2, 0) is 0 Å². The molecule has 0 aromatic heterocycles. The number of nitrogens with zero attached hydrogens (tertiary/aromatic N) is 1. The minimum Gasteiger partial charge on any atom is -0.293 e. The smallest absolute Gasteiger partial charge is 0.0386 e. The van der Waals surface area contributed by atoms with Gasteiger partial charge in [0.1, 0.15) is 0 Å². The van der Waals surface area contributed by atoms with E-state index in [1.54, 1.807) is 0 Å². The molecular weight excluding hydrogens is 350 g/mol. The molecular formula is C28H39N. The molecule has 0 bridgehead atoms. The third-order valence-electron chi connectivity index (χ3n) is 4.83. The minimum absolute atomic E-state index is 0.396. The fourth-order valence-electron chi connectivity index (χ4n) is 3.19. The van der Waals surface area contributed by atoms with Gasteiger partial charge in [-0.2, -0.15) is 0 Å². The fourth-order valence-corrected chi connectivity index (χ4v) is 3.19. The molecule has 0 heterocycles. The van der Waals surface area contributed by atoms with Gasteiger partial charge in [0.05, 0.1) is 0 Å². The van der Waals surface area contributed by atoms with E-state index in [0.717, 1.165) is 25.0 Å². The summed E-state index contributed by atoms with van der Waals surface area (Å²) in [5.74, 6) is 0.396. The third kappa shape index (κ3) is 10.1. The number of unbranched alkanes of at least 4 members (excludes halogenated alkanes) is 2. The van der Waals surface area contributed by atoms with Crippen LogP contribution in [0.25, 0.3) is 0 Å². The molecule has 1 aromatic carbocycles. The van der Waals surface area contributed by atoms with Gasteiger partial charge in [-0.15, -0.1) is 0 Å². The van der Waals surface area contributed by atoms with Crippen LogP contribution in [-0.4, -0.2) is 12.8 Å². The summed E-state index contributed by atoms with van der Waals surface area (Å²) in [7, 11) is 0. The van der Waals surface area contributed by atoms with E-state index in [-0.39, 0.29) is 0 Å². The van der Waals surface area contributed by atoms with E-state index in [1.165, 1.54) is 36.0 Å². The summed E-state index contributed by atoms with van der Waals surface area (Å²) in [5.41, 5.74) is 5.11. The van der Waals surface area contributed by atoms with Crippen molar-refractivity contribution in [2.45, 2.75) is 65.7 Å². The predicted molar refractivity (Wildman–Crippen MR) is 132 cm³/mol. The number of benzene rings is 1. The molecule has 1 nitrogen and oxygen atoms in total. The first-order valence-corrected chi connectivity index (χ1v) is 11.1. The van der Waals surface area contributed by atoms with E-state index in [2.05, 4.69) is 93.9 Å². The van der Waals surface area contributed by atoms with Gasteiger partial charge >= 0.3 is 0 Å². The van der Waals surface area contributed by atoms with Gasteiger partial charge in [0, 0.05) is 18.7 Å². The Morgan fingerprint density at radius 3 is 2.41 bits per heavy atom. The van der Waals surface area contributed by atoms with E-state index < -0.39 is 0 Å². The van der Waals surface area contributed by atoms with Crippen LogP contribution in [0.4, 0.5) is 0 Å². The highest BCUT2D eigenvalue weighted by molar-refractivity contribution is 5.83. The number of allylic oxidation sites excluding steroid dienone is 9. The lowest BCUT2D eigenvalue weighted by molar-refractivity contribution is 0.618. The lowest BCUT2D eigenvalue weighted by Gasteiger charge is -2.19. The molecule has 1 rings (SSSR count). The van der Waals surface area contributed by atoms with Crippen LogP contribution >= 0.6 is 0 Å². The molecule has 1 heteroatoms. The Morgan fingerprint density at radius 2 is 1.79 bits per heavy atom. The molecule has 0 amide bonds. The first-order chi connectivity index (χ1) is 14.2. The molecule has 0 saturated carbocycles. The van der Waals surface area contributed by atoms with Gasteiger partial charge in [-0.05, 0) is 43.4 Å². The van der Waals surface area contributed by atoms with E-state index in [0.29, 0.717) is 5.92 Å². The largest absolute Gasteiger partial charge is 0.293 e. The molecule has 1 aromatic rings. The zero-order chi connectivity index (χ0) is 21.3. The molecule has 1 unspecified atom stereocenters. The summed E-state index contributed by atoms with van der Waals surface area (Å²) >= 11 is 0. The van der Waals surface area contributed by atoms with Crippen molar-refractivity contribution in [1.29, 1.82) is 0 Å².